The topological polar surface area (TPSA) is 36.1 Å². The number of halogens is 4. The van der Waals surface area contributed by atoms with Crippen LogP contribution in [0.2, 0.25) is 10.0 Å². The molecule has 3 nitrogen and oxygen atoms in total. The first-order valence-electron chi connectivity index (χ1n) is 11.3. The summed E-state index contributed by atoms with van der Waals surface area (Å²) in [6.45, 7) is 6.90. The van der Waals surface area contributed by atoms with Crippen molar-refractivity contribution in [3.63, 3.8) is 0 Å². The SMILES string of the molecule is CC(C)(C)c1ccc(CN(CCc2ccc(Cl)c(Cl)c2)C(=O)c2c(F)c(F)cc3cc[nH]c23)cc1. The summed E-state index contributed by atoms with van der Waals surface area (Å²) in [5.41, 5.74) is 2.90. The molecule has 0 spiro atoms. The van der Waals surface area contributed by atoms with Crippen molar-refractivity contribution in [1.82, 2.24) is 9.88 Å². The van der Waals surface area contributed by atoms with Crippen molar-refractivity contribution in [3.8, 4) is 0 Å². The van der Waals surface area contributed by atoms with Gasteiger partial charge < -0.3 is 9.88 Å². The molecular formula is C28H26Cl2F2N2O. The number of aromatic amines is 1. The predicted molar refractivity (Wildman–Crippen MR) is 138 cm³/mol. The molecule has 1 heterocycles. The van der Waals surface area contributed by atoms with Crippen LogP contribution in [-0.4, -0.2) is 22.3 Å². The Hall–Kier alpha value is -2.89. The summed E-state index contributed by atoms with van der Waals surface area (Å²) < 4.78 is 29.3. The number of amides is 1. The molecule has 0 aliphatic heterocycles. The molecule has 0 saturated heterocycles. The number of nitrogens with one attached hydrogen (secondary N) is 1. The minimum Gasteiger partial charge on any atom is -0.360 e. The number of H-pyrrole nitrogens is 1. The van der Waals surface area contributed by atoms with Gasteiger partial charge in [0, 0.05) is 24.7 Å². The van der Waals surface area contributed by atoms with Crippen molar-refractivity contribution in [3.05, 3.63) is 105 Å². The van der Waals surface area contributed by atoms with Gasteiger partial charge >= 0.3 is 0 Å². The summed E-state index contributed by atoms with van der Waals surface area (Å²) in [5.74, 6) is -2.80. The highest BCUT2D eigenvalue weighted by molar-refractivity contribution is 6.42. The van der Waals surface area contributed by atoms with Gasteiger partial charge in [0.1, 0.15) is 5.56 Å². The van der Waals surface area contributed by atoms with E-state index >= 15 is 0 Å². The molecule has 1 N–H and O–H groups in total. The fourth-order valence-corrected chi connectivity index (χ4v) is 4.37. The molecule has 3 aromatic carbocycles. The molecule has 1 amide bonds. The van der Waals surface area contributed by atoms with Gasteiger partial charge in [0.15, 0.2) is 11.6 Å². The molecule has 1 aromatic heterocycles. The lowest BCUT2D eigenvalue weighted by molar-refractivity contribution is 0.0741. The number of benzene rings is 3. The maximum atomic E-state index is 14.9. The highest BCUT2D eigenvalue weighted by Gasteiger charge is 2.26. The van der Waals surface area contributed by atoms with E-state index in [1.165, 1.54) is 10.5 Å². The third kappa shape index (κ3) is 5.52. The van der Waals surface area contributed by atoms with E-state index in [4.69, 9.17) is 23.2 Å². The molecule has 0 aliphatic carbocycles. The Morgan fingerprint density at radius 3 is 2.29 bits per heavy atom. The molecule has 7 heteroatoms. The van der Waals surface area contributed by atoms with Gasteiger partial charge in [-0.25, -0.2) is 8.78 Å². The minimum absolute atomic E-state index is 0.00813. The zero-order valence-corrected chi connectivity index (χ0v) is 21.3. The summed E-state index contributed by atoms with van der Waals surface area (Å²) in [6.07, 6.45) is 2.03. The summed E-state index contributed by atoms with van der Waals surface area (Å²) >= 11 is 12.2. The molecule has 0 saturated carbocycles. The van der Waals surface area contributed by atoms with Crippen LogP contribution < -0.4 is 0 Å². The van der Waals surface area contributed by atoms with E-state index in [1.54, 1.807) is 24.4 Å². The van der Waals surface area contributed by atoms with Crippen molar-refractivity contribution in [2.24, 2.45) is 0 Å². The lowest BCUT2D eigenvalue weighted by atomic mass is 9.87. The number of rotatable bonds is 6. The predicted octanol–water partition coefficient (Wildman–Crippen LogP) is 7.94. The summed E-state index contributed by atoms with van der Waals surface area (Å²) in [7, 11) is 0. The average molecular weight is 515 g/mol. The Labute approximate surface area is 213 Å². The molecule has 182 valence electrons. The number of carbonyl (C=O) groups is 1. The standard InChI is InChI=1S/C28H26Cl2F2N2O/c1-28(2,3)20-7-4-18(5-8-20)16-34(13-11-17-6-9-21(29)22(30)14-17)27(35)24-25(32)23(31)15-19-10-12-33-26(19)24/h4-10,12,14-15,33H,11,13,16H2,1-3H3. The zero-order chi connectivity index (χ0) is 25.3. The van der Waals surface area contributed by atoms with Crippen LogP contribution in [0.5, 0.6) is 0 Å². The molecule has 0 bridgehead atoms. The third-order valence-corrected chi connectivity index (χ3v) is 6.83. The smallest absolute Gasteiger partial charge is 0.259 e. The van der Waals surface area contributed by atoms with E-state index in [2.05, 4.69) is 25.8 Å². The molecule has 0 aliphatic rings. The second-order valence-corrected chi connectivity index (χ2v) is 10.5. The number of fused-ring (bicyclic) bond motifs is 1. The number of hydrogen-bond donors (Lipinski definition) is 1. The van der Waals surface area contributed by atoms with Gasteiger partial charge in [0.05, 0.1) is 15.6 Å². The molecule has 0 fully saturated rings. The first-order valence-corrected chi connectivity index (χ1v) is 12.1. The fourth-order valence-electron chi connectivity index (χ4n) is 4.05. The highest BCUT2D eigenvalue weighted by atomic mass is 35.5. The molecule has 4 rings (SSSR count). The minimum atomic E-state index is -1.16. The van der Waals surface area contributed by atoms with Crippen LogP contribution in [0.1, 0.15) is 47.8 Å². The van der Waals surface area contributed by atoms with Gasteiger partial charge in [0.2, 0.25) is 0 Å². The molecule has 0 radical (unpaired) electrons. The van der Waals surface area contributed by atoms with E-state index in [0.717, 1.165) is 17.2 Å². The second-order valence-electron chi connectivity index (χ2n) is 9.66. The Bertz CT molecular complexity index is 1370. The number of hydrogen-bond acceptors (Lipinski definition) is 1. The molecule has 0 atom stereocenters. The highest BCUT2D eigenvalue weighted by Crippen LogP contribution is 2.27. The number of nitrogens with zero attached hydrogens (tertiary/aromatic N) is 1. The van der Waals surface area contributed by atoms with Crippen LogP contribution in [0.25, 0.3) is 10.9 Å². The molecule has 0 unspecified atom stereocenters. The van der Waals surface area contributed by atoms with Gasteiger partial charge in [-0.1, -0.05) is 74.3 Å². The molecular weight excluding hydrogens is 489 g/mol. The van der Waals surface area contributed by atoms with Crippen LogP contribution in [0, 0.1) is 11.6 Å². The van der Waals surface area contributed by atoms with Crippen molar-refractivity contribution in [2.45, 2.75) is 39.2 Å². The van der Waals surface area contributed by atoms with Crippen molar-refractivity contribution in [1.29, 1.82) is 0 Å². The fraction of sp³-hybridized carbons (Fsp3) is 0.250. The van der Waals surface area contributed by atoms with Gasteiger partial charge in [0.25, 0.3) is 5.91 Å². The van der Waals surface area contributed by atoms with Crippen LogP contribution in [0.3, 0.4) is 0 Å². The summed E-state index contributed by atoms with van der Waals surface area (Å²) in [4.78, 5) is 18.1. The van der Waals surface area contributed by atoms with E-state index < -0.39 is 17.5 Å². The lowest BCUT2D eigenvalue weighted by Gasteiger charge is -2.25. The van der Waals surface area contributed by atoms with Crippen LogP contribution in [0.4, 0.5) is 8.78 Å². The Morgan fingerprint density at radius 2 is 1.63 bits per heavy atom. The quantitative estimate of drug-likeness (QED) is 0.278. The average Bonchev–Trinajstić information content (AvgIpc) is 3.26. The summed E-state index contributed by atoms with van der Waals surface area (Å²) in [5, 5.41) is 1.30. The number of carbonyl (C=O) groups excluding carboxylic acids is 1. The summed E-state index contributed by atoms with van der Waals surface area (Å²) in [6, 6.07) is 16.0. The molecule has 4 aromatic rings. The lowest BCUT2D eigenvalue weighted by Crippen LogP contribution is -2.33. The largest absolute Gasteiger partial charge is 0.360 e. The van der Waals surface area contributed by atoms with Gasteiger partial charge in [-0.05, 0) is 52.8 Å². The van der Waals surface area contributed by atoms with E-state index in [-0.39, 0.29) is 29.6 Å². The van der Waals surface area contributed by atoms with Crippen LogP contribution >= 0.6 is 23.2 Å². The normalized spacial score (nSPS) is 11.7. The first-order chi connectivity index (χ1) is 16.5. The van der Waals surface area contributed by atoms with Gasteiger partial charge in [-0.15, -0.1) is 0 Å². The van der Waals surface area contributed by atoms with E-state index in [0.29, 0.717) is 21.9 Å². The first kappa shape index (κ1) is 25.2. The van der Waals surface area contributed by atoms with Gasteiger partial charge in [-0.2, -0.15) is 0 Å². The Kier molecular flexibility index (Phi) is 7.20. The van der Waals surface area contributed by atoms with Crippen molar-refractivity contribution < 1.29 is 13.6 Å². The van der Waals surface area contributed by atoms with Gasteiger partial charge in [-0.3, -0.25) is 4.79 Å². The molecule has 35 heavy (non-hydrogen) atoms. The monoisotopic (exact) mass is 514 g/mol. The van der Waals surface area contributed by atoms with Crippen molar-refractivity contribution in [2.75, 3.05) is 6.54 Å². The second kappa shape index (κ2) is 10.00. The Morgan fingerprint density at radius 1 is 0.943 bits per heavy atom. The van der Waals surface area contributed by atoms with Crippen LogP contribution in [-0.2, 0) is 18.4 Å². The van der Waals surface area contributed by atoms with Crippen LogP contribution in [0.15, 0.2) is 60.8 Å². The van der Waals surface area contributed by atoms with Crippen molar-refractivity contribution >= 4 is 40.0 Å². The van der Waals surface area contributed by atoms with E-state index in [1.807, 2.05) is 30.3 Å². The maximum absolute atomic E-state index is 14.9. The maximum Gasteiger partial charge on any atom is 0.259 e. The zero-order valence-electron chi connectivity index (χ0n) is 19.8. The number of aromatic nitrogens is 1. The van der Waals surface area contributed by atoms with E-state index in [9.17, 15) is 13.6 Å². The Balaban J connectivity index is 1.68. The third-order valence-electron chi connectivity index (χ3n) is 6.09.